The van der Waals surface area contributed by atoms with E-state index in [0.29, 0.717) is 19.3 Å². The third-order valence-electron chi connectivity index (χ3n) is 3.07. The van der Waals surface area contributed by atoms with Crippen molar-refractivity contribution in [1.29, 1.82) is 0 Å². The number of rotatable bonds is 2. The molecule has 1 unspecified atom stereocenters. The summed E-state index contributed by atoms with van der Waals surface area (Å²) in [4.78, 5) is 23.2. The molecule has 1 heterocycles. The molecule has 0 aromatic heterocycles. The molecule has 1 amide bonds. The Hall–Kier alpha value is -1.06. The number of carbonyl (C=O) groups is 2. The fraction of sp³-hybridized carbons (Fsp3) is 0.818. The molecule has 15 heavy (non-hydrogen) atoms. The molecule has 0 aromatic carbocycles. The molecule has 4 nitrogen and oxygen atoms in total. The van der Waals surface area contributed by atoms with Crippen LogP contribution >= 0.6 is 0 Å². The molecule has 86 valence electrons. The Morgan fingerprint density at radius 1 is 1.47 bits per heavy atom. The molecule has 1 fully saturated rings. The van der Waals surface area contributed by atoms with E-state index < -0.39 is 5.54 Å². The zero-order chi connectivity index (χ0) is 11.3. The maximum Gasteiger partial charge on any atom is 0.331 e. The van der Waals surface area contributed by atoms with E-state index in [9.17, 15) is 9.59 Å². The highest BCUT2D eigenvalue weighted by atomic mass is 16.5. The highest BCUT2D eigenvalue weighted by Gasteiger charge is 2.39. The second-order valence-electron chi connectivity index (χ2n) is 4.04. The Bertz CT molecular complexity index is 252. The first-order chi connectivity index (χ1) is 7.14. The molecule has 0 bridgehead atoms. The molecular weight excluding hydrogens is 194 g/mol. The van der Waals surface area contributed by atoms with Crippen LogP contribution in [0.15, 0.2) is 0 Å². The molecule has 1 atom stereocenters. The van der Waals surface area contributed by atoms with Crippen LogP contribution in [0, 0.1) is 0 Å². The number of nitrogens with one attached hydrogen (secondary N) is 1. The van der Waals surface area contributed by atoms with Crippen LogP contribution in [0.2, 0.25) is 0 Å². The lowest BCUT2D eigenvalue weighted by Crippen LogP contribution is -2.55. The summed E-state index contributed by atoms with van der Waals surface area (Å²) in [5.41, 5.74) is -0.785. The summed E-state index contributed by atoms with van der Waals surface area (Å²) in [5.74, 6) is -0.359. The van der Waals surface area contributed by atoms with Crippen molar-refractivity contribution in [1.82, 2.24) is 5.32 Å². The molecule has 1 saturated heterocycles. The van der Waals surface area contributed by atoms with Gasteiger partial charge in [-0.25, -0.2) is 4.79 Å². The summed E-state index contributed by atoms with van der Waals surface area (Å²) in [6, 6.07) is 0. The van der Waals surface area contributed by atoms with Gasteiger partial charge in [-0.1, -0.05) is 19.8 Å². The molecule has 4 heteroatoms. The molecule has 0 aromatic rings. The van der Waals surface area contributed by atoms with Gasteiger partial charge in [-0.3, -0.25) is 4.79 Å². The molecule has 1 aliphatic rings. The minimum atomic E-state index is -0.785. The van der Waals surface area contributed by atoms with Crippen LogP contribution in [0.5, 0.6) is 0 Å². The van der Waals surface area contributed by atoms with Crippen LogP contribution in [0.25, 0.3) is 0 Å². The van der Waals surface area contributed by atoms with Crippen molar-refractivity contribution in [2.24, 2.45) is 0 Å². The van der Waals surface area contributed by atoms with Gasteiger partial charge in [-0.15, -0.1) is 0 Å². The SMILES string of the molecule is CCC1(C(=O)OC)CCCCCC(=O)N1. The Kier molecular flexibility index (Phi) is 4.12. The summed E-state index contributed by atoms with van der Waals surface area (Å²) >= 11 is 0. The number of carbonyl (C=O) groups excluding carboxylic acids is 2. The van der Waals surface area contributed by atoms with E-state index in [1.807, 2.05) is 6.92 Å². The van der Waals surface area contributed by atoms with Crippen molar-refractivity contribution in [2.75, 3.05) is 7.11 Å². The van der Waals surface area contributed by atoms with Crippen LogP contribution in [0.3, 0.4) is 0 Å². The minimum Gasteiger partial charge on any atom is -0.467 e. The summed E-state index contributed by atoms with van der Waals surface area (Å²) in [6.07, 6.45) is 4.66. The standard InChI is InChI=1S/C11H19NO3/c1-3-11(10(14)15-2)8-6-4-5-7-9(13)12-11/h3-8H2,1-2H3,(H,12,13). The van der Waals surface area contributed by atoms with Crippen molar-refractivity contribution >= 4 is 11.9 Å². The van der Waals surface area contributed by atoms with Gasteiger partial charge in [0.25, 0.3) is 0 Å². The van der Waals surface area contributed by atoms with E-state index in [0.717, 1.165) is 19.3 Å². The van der Waals surface area contributed by atoms with E-state index in [2.05, 4.69) is 5.32 Å². The summed E-state index contributed by atoms with van der Waals surface area (Å²) in [5, 5.41) is 2.82. The predicted molar refractivity (Wildman–Crippen MR) is 56.3 cm³/mol. The van der Waals surface area contributed by atoms with Crippen molar-refractivity contribution in [3.8, 4) is 0 Å². The zero-order valence-corrected chi connectivity index (χ0v) is 9.47. The third-order valence-corrected chi connectivity index (χ3v) is 3.07. The van der Waals surface area contributed by atoms with Crippen LogP contribution in [-0.4, -0.2) is 24.5 Å². The fourth-order valence-electron chi connectivity index (χ4n) is 2.04. The maximum absolute atomic E-state index is 11.7. The van der Waals surface area contributed by atoms with Gasteiger partial charge in [0, 0.05) is 6.42 Å². The van der Waals surface area contributed by atoms with Gasteiger partial charge in [0.1, 0.15) is 5.54 Å². The highest BCUT2D eigenvalue weighted by Crippen LogP contribution is 2.23. The average Bonchev–Trinajstić information content (AvgIpc) is 2.22. The maximum atomic E-state index is 11.7. The monoisotopic (exact) mass is 213 g/mol. The largest absolute Gasteiger partial charge is 0.467 e. The number of esters is 1. The zero-order valence-electron chi connectivity index (χ0n) is 9.47. The van der Waals surface area contributed by atoms with Gasteiger partial charge in [0.2, 0.25) is 5.91 Å². The van der Waals surface area contributed by atoms with E-state index in [-0.39, 0.29) is 11.9 Å². The average molecular weight is 213 g/mol. The van der Waals surface area contributed by atoms with Gasteiger partial charge in [-0.2, -0.15) is 0 Å². The van der Waals surface area contributed by atoms with Gasteiger partial charge in [0.05, 0.1) is 7.11 Å². The van der Waals surface area contributed by atoms with Crippen molar-refractivity contribution in [3.63, 3.8) is 0 Å². The molecule has 0 saturated carbocycles. The van der Waals surface area contributed by atoms with Crippen LogP contribution in [-0.2, 0) is 14.3 Å². The normalized spacial score (nSPS) is 27.5. The summed E-state index contributed by atoms with van der Waals surface area (Å²) < 4.78 is 4.77. The second kappa shape index (κ2) is 5.14. The van der Waals surface area contributed by atoms with Crippen molar-refractivity contribution < 1.29 is 14.3 Å². The lowest BCUT2D eigenvalue weighted by atomic mass is 9.87. The van der Waals surface area contributed by atoms with E-state index >= 15 is 0 Å². The summed E-state index contributed by atoms with van der Waals surface area (Å²) in [7, 11) is 1.37. The molecule has 0 aliphatic carbocycles. The predicted octanol–water partition coefficient (Wildman–Crippen LogP) is 1.39. The molecule has 1 N–H and O–H groups in total. The highest BCUT2D eigenvalue weighted by molar-refractivity contribution is 5.88. The number of amides is 1. The van der Waals surface area contributed by atoms with Gasteiger partial charge < -0.3 is 10.1 Å². The molecule has 1 aliphatic heterocycles. The van der Waals surface area contributed by atoms with E-state index in [1.54, 1.807) is 0 Å². The number of ether oxygens (including phenoxy) is 1. The van der Waals surface area contributed by atoms with Crippen molar-refractivity contribution in [2.45, 2.75) is 51.0 Å². The van der Waals surface area contributed by atoms with Crippen molar-refractivity contribution in [3.05, 3.63) is 0 Å². The first kappa shape index (κ1) is 12.0. The Balaban J connectivity index is 2.82. The quantitative estimate of drug-likeness (QED) is 0.705. The Labute approximate surface area is 90.4 Å². The summed E-state index contributed by atoms with van der Waals surface area (Å²) in [6.45, 7) is 1.90. The molecular formula is C11H19NO3. The second-order valence-corrected chi connectivity index (χ2v) is 4.04. The van der Waals surface area contributed by atoms with E-state index in [4.69, 9.17) is 4.74 Å². The van der Waals surface area contributed by atoms with Crippen LogP contribution in [0.1, 0.15) is 45.4 Å². The van der Waals surface area contributed by atoms with Gasteiger partial charge >= 0.3 is 5.97 Å². The Morgan fingerprint density at radius 3 is 2.80 bits per heavy atom. The number of hydrogen-bond acceptors (Lipinski definition) is 3. The number of hydrogen-bond donors (Lipinski definition) is 1. The Morgan fingerprint density at radius 2 is 2.20 bits per heavy atom. The first-order valence-electron chi connectivity index (χ1n) is 5.54. The number of methoxy groups -OCH3 is 1. The van der Waals surface area contributed by atoms with Gasteiger partial charge in [-0.05, 0) is 19.3 Å². The first-order valence-corrected chi connectivity index (χ1v) is 5.54. The smallest absolute Gasteiger partial charge is 0.331 e. The topological polar surface area (TPSA) is 55.4 Å². The lowest BCUT2D eigenvalue weighted by Gasteiger charge is -2.32. The van der Waals surface area contributed by atoms with Crippen LogP contribution in [0.4, 0.5) is 0 Å². The lowest BCUT2D eigenvalue weighted by molar-refractivity contribution is -0.152. The third kappa shape index (κ3) is 2.70. The van der Waals surface area contributed by atoms with Gasteiger partial charge in [0.15, 0.2) is 0 Å². The molecule has 0 spiro atoms. The molecule has 0 radical (unpaired) electrons. The van der Waals surface area contributed by atoms with E-state index in [1.165, 1.54) is 7.11 Å². The van der Waals surface area contributed by atoms with Crippen LogP contribution < -0.4 is 5.32 Å². The minimum absolute atomic E-state index is 0.0399. The molecule has 1 rings (SSSR count). The fourth-order valence-corrected chi connectivity index (χ4v) is 2.04.